The molecule has 2 heteroatoms. The van der Waals surface area contributed by atoms with Crippen molar-refractivity contribution in [3.63, 3.8) is 0 Å². The summed E-state index contributed by atoms with van der Waals surface area (Å²) in [6, 6.07) is 15.2. The van der Waals surface area contributed by atoms with Crippen LogP contribution in [-0.2, 0) is 13.0 Å². The minimum absolute atomic E-state index is 0.412. The maximum atomic E-state index is 4.55. The predicted octanol–water partition coefficient (Wildman–Crippen LogP) is 3.25. The third-order valence-electron chi connectivity index (χ3n) is 3.59. The zero-order valence-corrected chi connectivity index (χ0v) is 10.5. The average Bonchev–Trinajstić information content (AvgIpc) is 2.46. The topological polar surface area (TPSA) is 24.9 Å². The number of hydrogen-bond acceptors (Lipinski definition) is 2. The molecular weight excluding hydrogens is 220 g/mol. The molecule has 18 heavy (non-hydrogen) atoms. The molecule has 2 aromatic rings. The van der Waals surface area contributed by atoms with Crippen LogP contribution in [0.5, 0.6) is 0 Å². The smallest absolute Gasteiger partial charge is 0.0605 e. The Kier molecular flexibility index (Phi) is 3.37. The first-order valence-electron chi connectivity index (χ1n) is 6.64. The van der Waals surface area contributed by atoms with E-state index < -0.39 is 0 Å². The molecular formula is C16H18N2. The van der Waals surface area contributed by atoms with E-state index in [1.54, 1.807) is 0 Å². The molecule has 1 aliphatic rings. The number of nitrogens with zero attached hydrogens (tertiary/aromatic N) is 1. The molecule has 2 nitrogen and oxygen atoms in total. The quantitative estimate of drug-likeness (QED) is 0.888. The van der Waals surface area contributed by atoms with Gasteiger partial charge in [0, 0.05) is 12.7 Å². The van der Waals surface area contributed by atoms with Crippen LogP contribution >= 0.6 is 0 Å². The van der Waals surface area contributed by atoms with Crippen molar-refractivity contribution in [1.29, 1.82) is 0 Å². The second-order valence-electron chi connectivity index (χ2n) is 4.86. The van der Waals surface area contributed by atoms with Crippen LogP contribution in [0.25, 0.3) is 0 Å². The lowest BCUT2D eigenvalue weighted by Gasteiger charge is -2.25. The van der Waals surface area contributed by atoms with E-state index >= 15 is 0 Å². The third-order valence-corrected chi connectivity index (χ3v) is 3.59. The largest absolute Gasteiger partial charge is 0.305 e. The molecule has 1 aromatic heterocycles. The molecule has 3 rings (SSSR count). The summed E-state index contributed by atoms with van der Waals surface area (Å²) in [5, 5.41) is 3.63. The lowest BCUT2D eigenvalue weighted by atomic mass is 9.92. The van der Waals surface area contributed by atoms with E-state index in [-0.39, 0.29) is 0 Å². The highest BCUT2D eigenvalue weighted by atomic mass is 14.9. The minimum Gasteiger partial charge on any atom is -0.305 e. The fourth-order valence-electron chi connectivity index (χ4n) is 2.64. The molecule has 92 valence electrons. The lowest BCUT2D eigenvalue weighted by molar-refractivity contribution is 0.447. The predicted molar refractivity (Wildman–Crippen MR) is 73.2 cm³/mol. The van der Waals surface area contributed by atoms with Crippen molar-refractivity contribution in [3.8, 4) is 0 Å². The average molecular weight is 238 g/mol. The molecule has 0 amide bonds. The Morgan fingerprint density at radius 1 is 1.11 bits per heavy atom. The van der Waals surface area contributed by atoms with Gasteiger partial charge in [0.15, 0.2) is 0 Å². The molecule has 0 saturated heterocycles. The second-order valence-corrected chi connectivity index (χ2v) is 4.86. The Balaban J connectivity index is 1.71. The van der Waals surface area contributed by atoms with Gasteiger partial charge in [0.1, 0.15) is 0 Å². The second kappa shape index (κ2) is 5.32. The Morgan fingerprint density at radius 3 is 2.89 bits per heavy atom. The highest BCUT2D eigenvalue weighted by Crippen LogP contribution is 2.27. The van der Waals surface area contributed by atoms with Crippen molar-refractivity contribution in [2.45, 2.75) is 31.8 Å². The molecule has 0 radical (unpaired) electrons. The van der Waals surface area contributed by atoms with Gasteiger partial charge >= 0.3 is 0 Å². The summed E-state index contributed by atoms with van der Waals surface area (Å²) in [6.07, 6.45) is 5.52. The number of rotatable bonds is 3. The molecule has 0 bridgehead atoms. The summed E-state index contributed by atoms with van der Waals surface area (Å²) >= 11 is 0. The fourth-order valence-corrected chi connectivity index (χ4v) is 2.64. The van der Waals surface area contributed by atoms with E-state index in [1.807, 2.05) is 12.3 Å². The zero-order chi connectivity index (χ0) is 12.2. The molecule has 1 aromatic carbocycles. The van der Waals surface area contributed by atoms with Crippen molar-refractivity contribution in [2.24, 2.45) is 0 Å². The number of fused-ring (bicyclic) bond motifs is 1. The highest BCUT2D eigenvalue weighted by molar-refractivity contribution is 5.25. The van der Waals surface area contributed by atoms with Gasteiger partial charge in [0.25, 0.3) is 0 Å². The van der Waals surface area contributed by atoms with Gasteiger partial charge < -0.3 is 5.32 Å². The summed E-state index contributed by atoms with van der Waals surface area (Å²) in [6.45, 7) is 0.918. The van der Waals surface area contributed by atoms with Crippen LogP contribution in [0.2, 0.25) is 0 Å². The van der Waals surface area contributed by atoms with Crippen LogP contribution in [0.3, 0.4) is 0 Å². The standard InChI is InChI=1S/C16H18N2/c1-2-6-13(7-3-1)12-18-15-10-4-8-14-9-5-11-17-16(14)15/h1-3,5-7,9,11,15,18H,4,8,10,12H2. The number of nitrogens with one attached hydrogen (secondary N) is 1. The molecule has 1 atom stereocenters. The number of pyridine rings is 1. The number of aryl methyl sites for hydroxylation is 1. The first-order valence-corrected chi connectivity index (χ1v) is 6.64. The summed E-state index contributed by atoms with van der Waals surface area (Å²) < 4.78 is 0. The van der Waals surface area contributed by atoms with Crippen LogP contribution in [-0.4, -0.2) is 4.98 Å². The lowest BCUT2D eigenvalue weighted by Crippen LogP contribution is -2.25. The summed E-state index contributed by atoms with van der Waals surface area (Å²) in [7, 11) is 0. The first-order chi connectivity index (χ1) is 8.93. The first kappa shape index (κ1) is 11.4. The van der Waals surface area contributed by atoms with Crippen LogP contribution < -0.4 is 5.32 Å². The Bertz CT molecular complexity index is 508. The number of hydrogen-bond donors (Lipinski definition) is 1. The summed E-state index contributed by atoms with van der Waals surface area (Å²) in [5.74, 6) is 0. The van der Waals surface area contributed by atoms with Gasteiger partial charge in [-0.25, -0.2) is 0 Å². The van der Waals surface area contributed by atoms with Gasteiger partial charge in [-0.3, -0.25) is 4.98 Å². The van der Waals surface area contributed by atoms with Crippen molar-refractivity contribution >= 4 is 0 Å². The molecule has 1 N–H and O–H groups in total. The normalized spacial score (nSPS) is 18.3. The fraction of sp³-hybridized carbons (Fsp3) is 0.312. The zero-order valence-electron chi connectivity index (χ0n) is 10.5. The van der Waals surface area contributed by atoms with Gasteiger partial charge in [0.05, 0.1) is 11.7 Å². The summed E-state index contributed by atoms with van der Waals surface area (Å²) in [5.41, 5.74) is 3.99. The maximum absolute atomic E-state index is 4.55. The van der Waals surface area contributed by atoms with Crippen molar-refractivity contribution in [2.75, 3.05) is 0 Å². The SMILES string of the molecule is c1ccc(CNC2CCCc3cccnc32)cc1. The van der Waals surface area contributed by atoms with E-state index in [0.717, 1.165) is 6.54 Å². The molecule has 0 aliphatic heterocycles. The Morgan fingerprint density at radius 2 is 2.00 bits per heavy atom. The van der Waals surface area contributed by atoms with Gasteiger partial charge in [-0.05, 0) is 36.5 Å². The van der Waals surface area contributed by atoms with Crippen molar-refractivity contribution in [1.82, 2.24) is 10.3 Å². The van der Waals surface area contributed by atoms with Gasteiger partial charge in [-0.1, -0.05) is 36.4 Å². The monoisotopic (exact) mass is 238 g/mol. The van der Waals surface area contributed by atoms with Gasteiger partial charge in [0.2, 0.25) is 0 Å². The van der Waals surface area contributed by atoms with E-state index in [0.29, 0.717) is 6.04 Å². The Labute approximate surface area is 108 Å². The third kappa shape index (κ3) is 2.44. The van der Waals surface area contributed by atoms with Crippen molar-refractivity contribution < 1.29 is 0 Å². The van der Waals surface area contributed by atoms with E-state index in [1.165, 1.54) is 36.1 Å². The summed E-state index contributed by atoms with van der Waals surface area (Å²) in [4.78, 5) is 4.55. The van der Waals surface area contributed by atoms with E-state index in [4.69, 9.17) is 0 Å². The minimum atomic E-state index is 0.412. The molecule has 1 heterocycles. The van der Waals surface area contributed by atoms with Crippen LogP contribution in [0.15, 0.2) is 48.7 Å². The van der Waals surface area contributed by atoms with Gasteiger partial charge in [-0.2, -0.15) is 0 Å². The maximum Gasteiger partial charge on any atom is 0.0605 e. The Hall–Kier alpha value is -1.67. The molecule has 1 aliphatic carbocycles. The van der Waals surface area contributed by atoms with Crippen LogP contribution in [0.1, 0.15) is 35.7 Å². The number of aromatic nitrogens is 1. The molecule has 0 saturated carbocycles. The van der Waals surface area contributed by atoms with Crippen LogP contribution in [0, 0.1) is 0 Å². The molecule has 0 fully saturated rings. The number of benzene rings is 1. The van der Waals surface area contributed by atoms with Crippen molar-refractivity contribution in [3.05, 3.63) is 65.5 Å². The molecule has 1 unspecified atom stereocenters. The molecule has 0 spiro atoms. The van der Waals surface area contributed by atoms with Gasteiger partial charge in [-0.15, -0.1) is 0 Å². The highest BCUT2D eigenvalue weighted by Gasteiger charge is 2.20. The van der Waals surface area contributed by atoms with E-state index in [2.05, 4.69) is 46.7 Å². The van der Waals surface area contributed by atoms with E-state index in [9.17, 15) is 0 Å². The van der Waals surface area contributed by atoms with Crippen LogP contribution in [0.4, 0.5) is 0 Å².